The third kappa shape index (κ3) is 6.00. The van der Waals surface area contributed by atoms with E-state index in [1.54, 1.807) is 11.9 Å². The van der Waals surface area contributed by atoms with E-state index in [4.69, 9.17) is 4.79 Å². The lowest BCUT2D eigenvalue weighted by Crippen LogP contribution is -2.14. The predicted octanol–water partition coefficient (Wildman–Crippen LogP) is 3.21. The molecule has 0 fully saturated rings. The number of pyridine rings is 2. The number of hydrogen-bond acceptors (Lipinski definition) is 5. The molecule has 2 rings (SSSR count). The Morgan fingerprint density at radius 2 is 1.83 bits per heavy atom. The van der Waals surface area contributed by atoms with E-state index in [1.807, 2.05) is 25.4 Å². The number of carbonyl (C=O) groups is 1. The zero-order valence-electron chi connectivity index (χ0n) is 14.1. The molecule has 124 valence electrons. The summed E-state index contributed by atoms with van der Waals surface area (Å²) in [6.45, 7) is 10.5. The van der Waals surface area contributed by atoms with Crippen LogP contribution in [0.4, 0.5) is 0 Å². The summed E-state index contributed by atoms with van der Waals surface area (Å²) in [5, 5.41) is 0. The molecular weight excluding hydrogens is 308 g/mol. The number of carbonyl (C=O) groups excluding carboxylic acids is 1. The fourth-order valence-corrected chi connectivity index (χ4v) is 2.88. The Morgan fingerprint density at radius 3 is 2.39 bits per heavy atom. The van der Waals surface area contributed by atoms with Gasteiger partial charge in [-0.2, -0.15) is 0 Å². The molecule has 0 aromatic carbocycles. The van der Waals surface area contributed by atoms with Gasteiger partial charge in [0, 0.05) is 41.6 Å². The number of nitrogens with two attached hydrogens (primary N) is 1. The van der Waals surface area contributed by atoms with Crippen LogP contribution in [0.2, 0.25) is 0 Å². The van der Waals surface area contributed by atoms with Gasteiger partial charge in [-0.15, -0.1) is 0 Å². The number of rotatable bonds is 5. The second kappa shape index (κ2) is 9.97. The fraction of sp³-hybridized carbons (Fsp3) is 0.353. The summed E-state index contributed by atoms with van der Waals surface area (Å²) < 4.78 is 2.32. The molecule has 0 saturated carbocycles. The highest BCUT2D eigenvalue weighted by atomic mass is 32.2. The first-order valence-corrected chi connectivity index (χ1v) is 8.30. The van der Waals surface area contributed by atoms with Gasteiger partial charge in [-0.3, -0.25) is 14.8 Å². The van der Waals surface area contributed by atoms with Gasteiger partial charge in [0.2, 0.25) is 6.41 Å². The Kier molecular flexibility index (Phi) is 8.29. The van der Waals surface area contributed by atoms with Crippen LogP contribution >= 0.6 is 11.9 Å². The molecular formula is C17H24N4OS. The van der Waals surface area contributed by atoms with E-state index in [9.17, 15) is 0 Å². The maximum Gasteiger partial charge on any atom is 0.204 e. The van der Waals surface area contributed by atoms with Crippen LogP contribution in [0.1, 0.15) is 25.2 Å². The summed E-state index contributed by atoms with van der Waals surface area (Å²) in [6.07, 6.45) is 4.04. The molecule has 2 aromatic heterocycles. The average Bonchev–Trinajstić information content (AvgIpc) is 2.55. The summed E-state index contributed by atoms with van der Waals surface area (Å²) in [4.78, 5) is 18.6. The molecule has 5 nitrogen and oxygen atoms in total. The van der Waals surface area contributed by atoms with Crippen LogP contribution in [-0.2, 0) is 4.79 Å². The van der Waals surface area contributed by atoms with Crippen molar-refractivity contribution in [3.63, 3.8) is 0 Å². The minimum Gasteiger partial charge on any atom is -0.372 e. The first kappa shape index (κ1) is 19.1. The summed E-state index contributed by atoms with van der Waals surface area (Å²) in [5.74, 6) is 0. The molecule has 2 heterocycles. The van der Waals surface area contributed by atoms with Crippen molar-refractivity contribution >= 4 is 18.4 Å². The van der Waals surface area contributed by atoms with E-state index in [2.05, 4.69) is 52.9 Å². The van der Waals surface area contributed by atoms with Crippen molar-refractivity contribution in [3.8, 4) is 11.1 Å². The van der Waals surface area contributed by atoms with Crippen molar-refractivity contribution in [2.45, 2.75) is 32.6 Å². The molecule has 0 aliphatic heterocycles. The van der Waals surface area contributed by atoms with Crippen molar-refractivity contribution in [1.29, 1.82) is 0 Å². The normalized spacial score (nSPS) is 10.1. The third-order valence-electron chi connectivity index (χ3n) is 3.20. The van der Waals surface area contributed by atoms with Crippen molar-refractivity contribution in [3.05, 3.63) is 42.0 Å². The zero-order chi connectivity index (χ0) is 17.2. The number of aromatic nitrogens is 2. The van der Waals surface area contributed by atoms with Crippen LogP contribution in [0, 0.1) is 13.8 Å². The van der Waals surface area contributed by atoms with E-state index in [1.165, 1.54) is 10.5 Å². The number of aryl methyl sites for hydroxylation is 2. The predicted molar refractivity (Wildman–Crippen MR) is 96.0 cm³/mol. The summed E-state index contributed by atoms with van der Waals surface area (Å²) in [5.41, 5.74) is 8.60. The lowest BCUT2D eigenvalue weighted by atomic mass is 10.1. The topological polar surface area (TPSA) is 72.1 Å². The van der Waals surface area contributed by atoms with Gasteiger partial charge in [0.05, 0.1) is 5.69 Å². The van der Waals surface area contributed by atoms with Gasteiger partial charge in [0.15, 0.2) is 0 Å². The van der Waals surface area contributed by atoms with E-state index in [0.717, 1.165) is 30.0 Å². The average molecular weight is 332 g/mol. The molecule has 0 atom stereocenters. The molecule has 0 bridgehead atoms. The summed E-state index contributed by atoms with van der Waals surface area (Å²) in [7, 11) is 0. The van der Waals surface area contributed by atoms with E-state index in [-0.39, 0.29) is 6.41 Å². The number of nitrogens with zero attached hydrogens (tertiary/aromatic N) is 3. The molecule has 6 heteroatoms. The maximum atomic E-state index is 8.58. The van der Waals surface area contributed by atoms with Gasteiger partial charge in [0.1, 0.15) is 0 Å². The van der Waals surface area contributed by atoms with E-state index >= 15 is 0 Å². The maximum absolute atomic E-state index is 8.58. The molecule has 0 spiro atoms. The van der Waals surface area contributed by atoms with Crippen LogP contribution in [0.15, 0.2) is 35.5 Å². The highest BCUT2D eigenvalue weighted by Crippen LogP contribution is 2.29. The Morgan fingerprint density at radius 1 is 1.17 bits per heavy atom. The van der Waals surface area contributed by atoms with Gasteiger partial charge in [-0.05, 0) is 49.6 Å². The molecule has 0 aliphatic rings. The molecule has 0 aliphatic carbocycles. The smallest absolute Gasteiger partial charge is 0.204 e. The van der Waals surface area contributed by atoms with Crippen molar-refractivity contribution in [2.75, 3.05) is 13.1 Å². The summed E-state index contributed by atoms with van der Waals surface area (Å²) in [6, 6.07) is 6.35. The van der Waals surface area contributed by atoms with Crippen LogP contribution in [0.25, 0.3) is 11.1 Å². The van der Waals surface area contributed by atoms with Gasteiger partial charge in [-0.25, -0.2) is 4.31 Å². The summed E-state index contributed by atoms with van der Waals surface area (Å²) >= 11 is 1.78. The SMILES string of the molecule is CCN(CC)Sc1cc(-c2ccnc(C)c2)cnc1C.NC=O. The molecule has 0 saturated heterocycles. The van der Waals surface area contributed by atoms with Gasteiger partial charge in [0.25, 0.3) is 0 Å². The van der Waals surface area contributed by atoms with Crippen molar-refractivity contribution < 1.29 is 4.79 Å². The Hall–Kier alpha value is -1.92. The second-order valence-corrected chi connectivity index (χ2v) is 5.97. The Labute approximate surface area is 142 Å². The largest absolute Gasteiger partial charge is 0.372 e. The highest BCUT2D eigenvalue weighted by molar-refractivity contribution is 7.97. The van der Waals surface area contributed by atoms with Crippen molar-refractivity contribution in [2.24, 2.45) is 5.73 Å². The lowest BCUT2D eigenvalue weighted by Gasteiger charge is -2.18. The zero-order valence-corrected chi connectivity index (χ0v) is 14.9. The van der Waals surface area contributed by atoms with Crippen molar-refractivity contribution in [1.82, 2.24) is 14.3 Å². The van der Waals surface area contributed by atoms with Gasteiger partial charge < -0.3 is 5.73 Å². The molecule has 0 radical (unpaired) electrons. The molecule has 1 amide bonds. The van der Waals surface area contributed by atoms with Crippen LogP contribution in [-0.4, -0.2) is 33.8 Å². The monoisotopic (exact) mass is 332 g/mol. The van der Waals surface area contributed by atoms with Crippen LogP contribution in [0.3, 0.4) is 0 Å². The number of hydrogen-bond donors (Lipinski definition) is 1. The van der Waals surface area contributed by atoms with Crippen LogP contribution in [0.5, 0.6) is 0 Å². The number of amides is 1. The first-order chi connectivity index (χ1) is 11.0. The Balaban J connectivity index is 0.000000816. The quantitative estimate of drug-likeness (QED) is 0.672. The Bertz CT molecular complexity index is 630. The van der Waals surface area contributed by atoms with E-state index in [0.29, 0.717) is 0 Å². The molecule has 0 unspecified atom stereocenters. The first-order valence-electron chi connectivity index (χ1n) is 7.53. The molecule has 2 N–H and O–H groups in total. The van der Waals surface area contributed by atoms with E-state index < -0.39 is 0 Å². The standard InChI is InChI=1S/C16H21N3S.CH3NO/c1-5-19(6-2)20-16-10-15(11-18-13(16)4)14-7-8-17-12(3)9-14;2-1-3/h7-11H,5-6H2,1-4H3;1H,(H2,2,3). The molecule has 2 aromatic rings. The highest BCUT2D eigenvalue weighted by Gasteiger charge is 2.08. The molecule has 23 heavy (non-hydrogen) atoms. The third-order valence-corrected chi connectivity index (χ3v) is 4.59. The van der Waals surface area contributed by atoms with Gasteiger partial charge >= 0.3 is 0 Å². The lowest BCUT2D eigenvalue weighted by molar-refractivity contribution is -0.106. The minimum atomic E-state index is 0.250. The fourth-order valence-electron chi connectivity index (χ4n) is 1.98. The van der Waals surface area contributed by atoms with Crippen LogP contribution < -0.4 is 5.73 Å². The number of primary amides is 1. The second-order valence-electron chi connectivity index (χ2n) is 4.84. The minimum absolute atomic E-state index is 0.250. The van der Waals surface area contributed by atoms with Gasteiger partial charge in [-0.1, -0.05) is 13.8 Å².